The van der Waals surface area contributed by atoms with Crippen LogP contribution in [0.2, 0.25) is 0 Å². The molecule has 2 heterocycles. The molecule has 0 atom stereocenters. The highest BCUT2D eigenvalue weighted by molar-refractivity contribution is 9.10. The van der Waals surface area contributed by atoms with Crippen molar-refractivity contribution in [3.05, 3.63) is 53.3 Å². The minimum Gasteiger partial charge on any atom is -0.495 e. The Morgan fingerprint density at radius 3 is 2.71 bits per heavy atom. The van der Waals surface area contributed by atoms with Crippen LogP contribution >= 0.6 is 15.9 Å². The van der Waals surface area contributed by atoms with E-state index in [0.717, 1.165) is 32.6 Å². The van der Waals surface area contributed by atoms with Gasteiger partial charge in [-0.25, -0.2) is 0 Å². The van der Waals surface area contributed by atoms with Crippen molar-refractivity contribution in [1.82, 2.24) is 9.97 Å². The predicted molar refractivity (Wildman–Crippen MR) is 88.3 cm³/mol. The molecule has 0 saturated carbocycles. The molecule has 3 rings (SSSR count). The van der Waals surface area contributed by atoms with Crippen molar-refractivity contribution in [3.8, 4) is 5.75 Å². The Labute approximate surface area is 131 Å². The highest BCUT2D eigenvalue weighted by Crippen LogP contribution is 2.34. The lowest BCUT2D eigenvalue weighted by molar-refractivity contribution is 0.415. The monoisotopic (exact) mass is 343 g/mol. The molecule has 1 aromatic carbocycles. The normalized spacial score (nSPS) is 10.6. The quantitative estimate of drug-likeness (QED) is 0.715. The molecule has 2 aromatic heterocycles. The number of para-hydroxylation sites is 2. The lowest BCUT2D eigenvalue weighted by Crippen LogP contribution is -2.11. The van der Waals surface area contributed by atoms with E-state index in [1.54, 1.807) is 19.5 Å². The smallest absolute Gasteiger partial charge is 0.142 e. The van der Waals surface area contributed by atoms with Crippen molar-refractivity contribution >= 4 is 38.3 Å². The Morgan fingerprint density at radius 1 is 1.10 bits per heavy atom. The SMILES string of the molecule is COc1ccccc1N(C)c1ccnc2cc(Br)cnc12. The number of rotatable bonds is 3. The van der Waals surface area contributed by atoms with Gasteiger partial charge in [0.2, 0.25) is 0 Å². The summed E-state index contributed by atoms with van der Waals surface area (Å²) < 4.78 is 6.35. The van der Waals surface area contributed by atoms with Crippen molar-refractivity contribution in [2.45, 2.75) is 0 Å². The molecule has 0 unspecified atom stereocenters. The summed E-state index contributed by atoms with van der Waals surface area (Å²) in [5.41, 5.74) is 3.67. The van der Waals surface area contributed by atoms with E-state index < -0.39 is 0 Å². The van der Waals surface area contributed by atoms with E-state index in [-0.39, 0.29) is 0 Å². The molecule has 0 spiro atoms. The van der Waals surface area contributed by atoms with Crippen molar-refractivity contribution < 1.29 is 4.74 Å². The first-order valence-corrected chi connectivity index (χ1v) is 7.27. The zero-order valence-electron chi connectivity index (χ0n) is 11.7. The van der Waals surface area contributed by atoms with Crippen LogP contribution in [-0.4, -0.2) is 24.1 Å². The first-order valence-electron chi connectivity index (χ1n) is 6.47. The van der Waals surface area contributed by atoms with Gasteiger partial charge in [0, 0.05) is 23.9 Å². The van der Waals surface area contributed by atoms with Gasteiger partial charge in [-0.1, -0.05) is 12.1 Å². The van der Waals surface area contributed by atoms with Gasteiger partial charge >= 0.3 is 0 Å². The second-order valence-electron chi connectivity index (χ2n) is 4.58. The number of fused-ring (bicyclic) bond motifs is 1. The molecule has 0 N–H and O–H groups in total. The van der Waals surface area contributed by atoms with E-state index in [2.05, 4.69) is 30.8 Å². The van der Waals surface area contributed by atoms with E-state index in [4.69, 9.17) is 4.74 Å². The van der Waals surface area contributed by atoms with E-state index in [9.17, 15) is 0 Å². The molecule has 21 heavy (non-hydrogen) atoms. The number of nitrogens with zero attached hydrogens (tertiary/aromatic N) is 3. The molecule has 0 radical (unpaired) electrons. The Hall–Kier alpha value is -2.14. The second kappa shape index (κ2) is 5.69. The van der Waals surface area contributed by atoms with Crippen molar-refractivity contribution in [1.29, 1.82) is 0 Å². The number of anilines is 2. The number of hydrogen-bond acceptors (Lipinski definition) is 4. The van der Waals surface area contributed by atoms with Crippen LogP contribution in [0.3, 0.4) is 0 Å². The highest BCUT2D eigenvalue weighted by atomic mass is 79.9. The third kappa shape index (κ3) is 2.56. The van der Waals surface area contributed by atoms with E-state index >= 15 is 0 Å². The first kappa shape index (κ1) is 13.8. The molecule has 0 aliphatic carbocycles. The Bertz CT molecular complexity index is 791. The maximum atomic E-state index is 5.43. The molecule has 0 saturated heterocycles. The first-order chi connectivity index (χ1) is 10.2. The van der Waals surface area contributed by atoms with Crippen molar-refractivity contribution in [2.24, 2.45) is 0 Å². The molecule has 106 valence electrons. The van der Waals surface area contributed by atoms with Gasteiger partial charge in [0.05, 0.1) is 24.0 Å². The van der Waals surface area contributed by atoms with Gasteiger partial charge in [-0.2, -0.15) is 0 Å². The summed E-state index contributed by atoms with van der Waals surface area (Å²) in [7, 11) is 3.67. The minimum absolute atomic E-state index is 0.821. The molecule has 0 amide bonds. The molecule has 5 heteroatoms. The molecule has 0 fully saturated rings. The lowest BCUT2D eigenvalue weighted by atomic mass is 10.2. The predicted octanol–water partition coefficient (Wildman–Crippen LogP) is 4.17. The number of methoxy groups -OCH3 is 1. The maximum Gasteiger partial charge on any atom is 0.142 e. The van der Waals surface area contributed by atoms with E-state index in [1.807, 2.05) is 43.4 Å². The third-order valence-corrected chi connectivity index (χ3v) is 3.76. The summed E-state index contributed by atoms with van der Waals surface area (Å²) in [6.45, 7) is 0. The third-order valence-electron chi connectivity index (χ3n) is 3.33. The molecule has 0 bridgehead atoms. The lowest BCUT2D eigenvalue weighted by Gasteiger charge is -2.22. The molecule has 0 aliphatic rings. The summed E-state index contributed by atoms with van der Waals surface area (Å²) in [5.74, 6) is 0.821. The van der Waals surface area contributed by atoms with Crippen LogP contribution < -0.4 is 9.64 Å². The number of halogens is 1. The fourth-order valence-electron chi connectivity index (χ4n) is 2.30. The van der Waals surface area contributed by atoms with Crippen molar-refractivity contribution in [2.75, 3.05) is 19.1 Å². The van der Waals surface area contributed by atoms with Gasteiger partial charge in [0.1, 0.15) is 11.3 Å². The average Bonchev–Trinajstić information content (AvgIpc) is 2.53. The van der Waals surface area contributed by atoms with Crippen molar-refractivity contribution in [3.63, 3.8) is 0 Å². The molecule has 0 aliphatic heterocycles. The second-order valence-corrected chi connectivity index (χ2v) is 5.50. The van der Waals surface area contributed by atoms with Crippen LogP contribution in [0.15, 0.2) is 53.3 Å². The Kier molecular flexibility index (Phi) is 3.75. The van der Waals surface area contributed by atoms with E-state index in [0.29, 0.717) is 0 Å². The van der Waals surface area contributed by atoms with E-state index in [1.165, 1.54) is 0 Å². The Balaban J connectivity index is 2.16. The number of ether oxygens (including phenoxy) is 1. The topological polar surface area (TPSA) is 38.2 Å². The van der Waals surface area contributed by atoms with Gasteiger partial charge in [0.15, 0.2) is 0 Å². The van der Waals surface area contributed by atoms with Crippen LogP contribution in [0.25, 0.3) is 11.0 Å². The summed E-state index contributed by atoms with van der Waals surface area (Å²) in [4.78, 5) is 10.9. The van der Waals surface area contributed by atoms with Gasteiger partial charge in [-0.3, -0.25) is 9.97 Å². The number of hydrogen-bond donors (Lipinski definition) is 0. The summed E-state index contributed by atoms with van der Waals surface area (Å²) in [6.07, 6.45) is 3.57. The largest absolute Gasteiger partial charge is 0.495 e. The van der Waals surface area contributed by atoms with Gasteiger partial charge in [-0.05, 0) is 40.2 Å². The number of aromatic nitrogens is 2. The van der Waals surface area contributed by atoms with Gasteiger partial charge < -0.3 is 9.64 Å². The molecular weight excluding hydrogens is 330 g/mol. The standard InChI is InChI=1S/C16H14BrN3O/c1-20(13-5-3-4-6-15(13)21-2)14-7-8-18-12-9-11(17)10-19-16(12)14/h3-10H,1-2H3. The number of benzene rings is 1. The molecule has 4 nitrogen and oxygen atoms in total. The van der Waals surface area contributed by atoms with Crippen LogP contribution in [-0.2, 0) is 0 Å². The summed E-state index contributed by atoms with van der Waals surface area (Å²) >= 11 is 3.43. The average molecular weight is 344 g/mol. The fraction of sp³-hybridized carbons (Fsp3) is 0.125. The Morgan fingerprint density at radius 2 is 1.90 bits per heavy atom. The highest BCUT2D eigenvalue weighted by Gasteiger charge is 2.13. The molecule has 3 aromatic rings. The van der Waals surface area contributed by atoms with Gasteiger partial charge in [0.25, 0.3) is 0 Å². The minimum atomic E-state index is 0.821. The van der Waals surface area contributed by atoms with Crippen LogP contribution in [0.4, 0.5) is 11.4 Å². The zero-order valence-corrected chi connectivity index (χ0v) is 13.3. The summed E-state index contributed by atoms with van der Waals surface area (Å²) in [6, 6.07) is 11.8. The van der Waals surface area contributed by atoms with Crippen LogP contribution in [0, 0.1) is 0 Å². The van der Waals surface area contributed by atoms with Crippen LogP contribution in [0.1, 0.15) is 0 Å². The van der Waals surface area contributed by atoms with Gasteiger partial charge in [-0.15, -0.1) is 0 Å². The van der Waals surface area contributed by atoms with Crippen LogP contribution in [0.5, 0.6) is 5.75 Å². The molecular formula is C16H14BrN3O. The fourth-order valence-corrected chi connectivity index (χ4v) is 2.62. The maximum absolute atomic E-state index is 5.43. The summed E-state index contributed by atoms with van der Waals surface area (Å²) in [5, 5.41) is 0. The number of pyridine rings is 2. The zero-order chi connectivity index (χ0) is 14.8.